The van der Waals surface area contributed by atoms with Crippen LogP contribution in [0.15, 0.2) is 36.4 Å². The van der Waals surface area contributed by atoms with Crippen LogP contribution in [0.1, 0.15) is 11.1 Å². The van der Waals surface area contributed by atoms with E-state index in [0.29, 0.717) is 47.7 Å². The number of aryl methyl sites for hydroxylation is 1. The molecule has 5 nitrogen and oxygen atoms in total. The van der Waals surface area contributed by atoms with E-state index in [4.69, 9.17) is 32.7 Å². The van der Waals surface area contributed by atoms with Crippen molar-refractivity contribution in [3.63, 3.8) is 0 Å². The molecular formula is C19H22Cl2N2O3. The van der Waals surface area contributed by atoms with Gasteiger partial charge in [-0.3, -0.25) is 0 Å². The summed E-state index contributed by atoms with van der Waals surface area (Å²) in [6.07, 6.45) is 0.625. The number of ether oxygens (including phenoxy) is 2. The van der Waals surface area contributed by atoms with Crippen LogP contribution in [0.5, 0.6) is 11.5 Å². The molecule has 2 aromatic carbocycles. The van der Waals surface area contributed by atoms with Gasteiger partial charge in [0, 0.05) is 16.6 Å². The van der Waals surface area contributed by atoms with Crippen molar-refractivity contribution < 1.29 is 14.3 Å². The molecule has 0 saturated carbocycles. The largest absolute Gasteiger partial charge is 0.493 e. The monoisotopic (exact) mass is 396 g/mol. The first-order valence-corrected chi connectivity index (χ1v) is 8.98. The van der Waals surface area contributed by atoms with Gasteiger partial charge in [0.1, 0.15) is 6.61 Å². The Balaban J connectivity index is 1.66. The highest BCUT2D eigenvalue weighted by Crippen LogP contribution is 2.27. The molecular weight excluding hydrogens is 375 g/mol. The van der Waals surface area contributed by atoms with Crippen molar-refractivity contribution in [2.75, 3.05) is 26.8 Å². The van der Waals surface area contributed by atoms with Crippen molar-refractivity contribution in [1.29, 1.82) is 0 Å². The summed E-state index contributed by atoms with van der Waals surface area (Å²) in [5.74, 6) is 1.33. The summed E-state index contributed by atoms with van der Waals surface area (Å²) in [6.45, 7) is 3.18. The number of nitrogens with one attached hydrogen (secondary N) is 2. The summed E-state index contributed by atoms with van der Waals surface area (Å²) in [4.78, 5) is 11.8. The number of rotatable bonds is 8. The minimum Gasteiger partial charge on any atom is -0.493 e. The lowest BCUT2D eigenvalue weighted by Crippen LogP contribution is -2.38. The Kier molecular flexibility index (Phi) is 7.88. The molecule has 0 radical (unpaired) electrons. The quantitative estimate of drug-likeness (QED) is 0.656. The lowest BCUT2D eigenvalue weighted by molar-refractivity contribution is 0.235. The number of carbonyl (C=O) groups excluding carboxylic acids is 1. The zero-order valence-electron chi connectivity index (χ0n) is 14.8. The maximum Gasteiger partial charge on any atom is 0.314 e. The number of carbonyl (C=O) groups is 1. The molecule has 7 heteroatoms. The van der Waals surface area contributed by atoms with Gasteiger partial charge < -0.3 is 20.1 Å². The highest BCUT2D eigenvalue weighted by Gasteiger charge is 2.06. The highest BCUT2D eigenvalue weighted by atomic mass is 35.5. The topological polar surface area (TPSA) is 59.6 Å². The van der Waals surface area contributed by atoms with Crippen LogP contribution in [-0.2, 0) is 6.42 Å². The summed E-state index contributed by atoms with van der Waals surface area (Å²) < 4.78 is 10.9. The maximum atomic E-state index is 11.8. The van der Waals surface area contributed by atoms with Crippen LogP contribution in [0.3, 0.4) is 0 Å². The Morgan fingerprint density at radius 3 is 2.54 bits per heavy atom. The second-order valence-electron chi connectivity index (χ2n) is 5.67. The summed E-state index contributed by atoms with van der Waals surface area (Å²) in [7, 11) is 1.60. The molecule has 0 heterocycles. The van der Waals surface area contributed by atoms with Gasteiger partial charge in [0.2, 0.25) is 0 Å². The van der Waals surface area contributed by atoms with Crippen molar-refractivity contribution in [1.82, 2.24) is 10.6 Å². The standard InChI is InChI=1S/C19H22Cl2N2O3/c1-13-3-6-17(18(11-13)25-2)26-10-9-23-19(24)22-8-7-14-4-5-15(20)12-16(14)21/h3-6,11-12H,7-10H2,1-2H3,(H2,22,23,24). The van der Waals surface area contributed by atoms with Gasteiger partial charge in [-0.15, -0.1) is 0 Å². The maximum absolute atomic E-state index is 11.8. The van der Waals surface area contributed by atoms with Gasteiger partial charge in [-0.25, -0.2) is 4.79 Å². The molecule has 26 heavy (non-hydrogen) atoms. The number of methoxy groups -OCH3 is 1. The lowest BCUT2D eigenvalue weighted by atomic mass is 10.1. The summed E-state index contributed by atoms with van der Waals surface area (Å²) >= 11 is 12.0. The SMILES string of the molecule is COc1cc(C)ccc1OCCNC(=O)NCCc1ccc(Cl)cc1Cl. The third-order valence-corrected chi connectivity index (χ3v) is 4.25. The second kappa shape index (κ2) is 10.1. The van der Waals surface area contributed by atoms with Gasteiger partial charge in [0.15, 0.2) is 11.5 Å². The average molecular weight is 397 g/mol. The highest BCUT2D eigenvalue weighted by molar-refractivity contribution is 6.35. The smallest absolute Gasteiger partial charge is 0.314 e. The molecule has 0 atom stereocenters. The first kappa shape index (κ1) is 20.2. The molecule has 2 amide bonds. The van der Waals surface area contributed by atoms with E-state index in [1.165, 1.54) is 0 Å². The number of halogens is 2. The molecule has 0 spiro atoms. The van der Waals surface area contributed by atoms with Crippen molar-refractivity contribution in [3.8, 4) is 11.5 Å². The molecule has 2 aromatic rings. The van der Waals surface area contributed by atoms with Crippen molar-refractivity contribution in [2.24, 2.45) is 0 Å². The van der Waals surface area contributed by atoms with Gasteiger partial charge in [-0.2, -0.15) is 0 Å². The van der Waals surface area contributed by atoms with E-state index < -0.39 is 0 Å². The predicted octanol–water partition coefficient (Wildman–Crippen LogP) is 4.23. The van der Waals surface area contributed by atoms with E-state index in [2.05, 4.69) is 10.6 Å². The molecule has 0 saturated heterocycles. The predicted molar refractivity (Wildman–Crippen MR) is 105 cm³/mol. The molecule has 0 unspecified atom stereocenters. The fraction of sp³-hybridized carbons (Fsp3) is 0.316. The summed E-state index contributed by atoms with van der Waals surface area (Å²) in [6, 6.07) is 10.8. The molecule has 0 aliphatic heterocycles. The summed E-state index contributed by atoms with van der Waals surface area (Å²) in [5, 5.41) is 6.71. The van der Waals surface area contributed by atoms with Crippen LogP contribution in [-0.4, -0.2) is 32.8 Å². The van der Waals surface area contributed by atoms with E-state index >= 15 is 0 Å². The van der Waals surface area contributed by atoms with Gasteiger partial charge in [-0.05, 0) is 48.7 Å². The van der Waals surface area contributed by atoms with Gasteiger partial charge in [0.05, 0.1) is 13.7 Å². The number of hydrogen-bond donors (Lipinski definition) is 2. The van der Waals surface area contributed by atoms with Crippen molar-refractivity contribution in [2.45, 2.75) is 13.3 Å². The number of urea groups is 1. The molecule has 0 aliphatic carbocycles. The molecule has 0 fully saturated rings. The average Bonchev–Trinajstić information content (AvgIpc) is 2.61. The van der Waals surface area contributed by atoms with Gasteiger partial charge in [0.25, 0.3) is 0 Å². The minimum atomic E-state index is -0.255. The first-order chi connectivity index (χ1) is 12.5. The third-order valence-electron chi connectivity index (χ3n) is 3.66. The molecule has 0 bridgehead atoms. The number of hydrogen-bond acceptors (Lipinski definition) is 3. The van der Waals surface area contributed by atoms with Crippen molar-refractivity contribution >= 4 is 29.2 Å². The molecule has 0 aromatic heterocycles. The fourth-order valence-corrected chi connectivity index (χ4v) is 2.82. The Hall–Kier alpha value is -2.11. The van der Waals surface area contributed by atoms with E-state index in [0.717, 1.165) is 11.1 Å². The number of benzene rings is 2. The molecule has 0 aliphatic rings. The van der Waals surface area contributed by atoms with E-state index in [1.807, 2.05) is 31.2 Å². The zero-order chi connectivity index (χ0) is 18.9. The number of amides is 2. The van der Waals surface area contributed by atoms with Crippen LogP contribution >= 0.6 is 23.2 Å². The zero-order valence-corrected chi connectivity index (χ0v) is 16.3. The first-order valence-electron chi connectivity index (χ1n) is 8.22. The van der Waals surface area contributed by atoms with Crippen LogP contribution in [0.2, 0.25) is 10.0 Å². The van der Waals surface area contributed by atoms with Crippen molar-refractivity contribution in [3.05, 3.63) is 57.6 Å². The molecule has 2 N–H and O–H groups in total. The lowest BCUT2D eigenvalue weighted by Gasteiger charge is -2.12. The fourth-order valence-electron chi connectivity index (χ4n) is 2.32. The molecule has 140 valence electrons. The summed E-state index contributed by atoms with van der Waals surface area (Å²) in [5.41, 5.74) is 2.03. The third kappa shape index (κ3) is 6.32. The van der Waals surface area contributed by atoms with E-state index in [9.17, 15) is 4.79 Å². The second-order valence-corrected chi connectivity index (χ2v) is 6.51. The van der Waals surface area contributed by atoms with Gasteiger partial charge >= 0.3 is 6.03 Å². The van der Waals surface area contributed by atoms with E-state index in [-0.39, 0.29) is 6.03 Å². The van der Waals surface area contributed by atoms with Crippen LogP contribution in [0, 0.1) is 6.92 Å². The Bertz CT molecular complexity index is 754. The van der Waals surface area contributed by atoms with Gasteiger partial charge in [-0.1, -0.05) is 35.3 Å². The van der Waals surface area contributed by atoms with Crippen LogP contribution < -0.4 is 20.1 Å². The van der Waals surface area contributed by atoms with Crippen LogP contribution in [0.4, 0.5) is 4.79 Å². The normalized spacial score (nSPS) is 10.3. The minimum absolute atomic E-state index is 0.255. The van der Waals surface area contributed by atoms with E-state index in [1.54, 1.807) is 19.2 Å². The van der Waals surface area contributed by atoms with Crippen LogP contribution in [0.25, 0.3) is 0 Å². The Morgan fingerprint density at radius 2 is 1.81 bits per heavy atom. The molecule has 2 rings (SSSR count). The Morgan fingerprint density at radius 1 is 1.04 bits per heavy atom. The Labute approximate surface area is 163 Å².